The topological polar surface area (TPSA) is 88.5 Å². The van der Waals surface area contributed by atoms with Crippen molar-refractivity contribution in [3.8, 4) is 11.4 Å². The molecule has 0 spiro atoms. The van der Waals surface area contributed by atoms with Gasteiger partial charge in [0.25, 0.3) is 0 Å². The Balaban J connectivity index is 1.65. The Bertz CT molecular complexity index is 1650. The summed E-state index contributed by atoms with van der Waals surface area (Å²) in [6.45, 7) is 6.39. The van der Waals surface area contributed by atoms with E-state index in [4.69, 9.17) is 17.0 Å². The maximum Gasteiger partial charge on any atom is 0.229 e. The molecule has 4 aromatic rings. The number of thiocarbonyl (C=S) groups is 1. The van der Waals surface area contributed by atoms with E-state index >= 15 is 0 Å². The van der Waals surface area contributed by atoms with Crippen LogP contribution in [-0.2, 0) is 16.4 Å². The molecule has 2 aromatic heterocycles. The molecule has 2 N–H and O–H groups in total. The summed E-state index contributed by atoms with van der Waals surface area (Å²) >= 11 is 5.91. The molecule has 8 nitrogen and oxygen atoms in total. The Hall–Kier alpha value is -3.89. The van der Waals surface area contributed by atoms with Crippen LogP contribution in [0.3, 0.4) is 0 Å². The lowest BCUT2D eigenvalue weighted by molar-refractivity contribution is 0.417. The van der Waals surface area contributed by atoms with Crippen LogP contribution in [0.15, 0.2) is 72.9 Å². The molecule has 0 amide bonds. The van der Waals surface area contributed by atoms with Gasteiger partial charge in [0.1, 0.15) is 5.75 Å². The van der Waals surface area contributed by atoms with E-state index in [0.29, 0.717) is 16.5 Å². The number of anilines is 2. The maximum absolute atomic E-state index is 11.9. The number of aryl methyl sites for hydroxylation is 2. The van der Waals surface area contributed by atoms with Crippen molar-refractivity contribution < 1.29 is 13.2 Å². The number of nitrogens with zero attached hydrogens (tertiary/aromatic N) is 3. The highest BCUT2D eigenvalue weighted by Crippen LogP contribution is 2.45. The molecule has 2 aromatic carbocycles. The van der Waals surface area contributed by atoms with E-state index in [0.717, 1.165) is 46.7 Å². The minimum absolute atomic E-state index is 0.218. The van der Waals surface area contributed by atoms with Crippen molar-refractivity contribution in [1.29, 1.82) is 0 Å². The highest BCUT2D eigenvalue weighted by Gasteiger charge is 2.42. The first-order chi connectivity index (χ1) is 19.1. The van der Waals surface area contributed by atoms with Gasteiger partial charge < -0.3 is 19.5 Å². The summed E-state index contributed by atoms with van der Waals surface area (Å²) in [5.41, 5.74) is 7.72. The number of pyridine rings is 1. The number of hydrogen-bond acceptors (Lipinski definition) is 5. The monoisotopic (exact) mass is 575 g/mol. The van der Waals surface area contributed by atoms with Gasteiger partial charge >= 0.3 is 0 Å². The van der Waals surface area contributed by atoms with E-state index < -0.39 is 10.0 Å². The molecule has 10 heteroatoms. The van der Waals surface area contributed by atoms with Crippen molar-refractivity contribution in [2.75, 3.05) is 23.0 Å². The summed E-state index contributed by atoms with van der Waals surface area (Å²) in [7, 11) is -1.97. The van der Waals surface area contributed by atoms with Crippen LogP contribution in [0.5, 0.6) is 5.75 Å². The first-order valence-electron chi connectivity index (χ1n) is 13.1. The van der Waals surface area contributed by atoms with Crippen LogP contribution in [0.25, 0.3) is 5.69 Å². The Morgan fingerprint density at radius 1 is 1.05 bits per heavy atom. The van der Waals surface area contributed by atoms with Crippen LogP contribution in [0, 0.1) is 13.8 Å². The molecule has 0 saturated carbocycles. The summed E-state index contributed by atoms with van der Waals surface area (Å²) < 4.78 is 34.2. The average molecular weight is 576 g/mol. The number of nitrogens with one attached hydrogen (secondary N) is 2. The smallest absolute Gasteiger partial charge is 0.229 e. The molecule has 0 radical (unpaired) electrons. The molecule has 2 atom stereocenters. The fraction of sp³-hybridized carbons (Fsp3) is 0.267. The van der Waals surface area contributed by atoms with E-state index in [1.165, 1.54) is 12.7 Å². The predicted molar refractivity (Wildman–Crippen MR) is 164 cm³/mol. The number of ether oxygens (including phenoxy) is 1. The second kappa shape index (κ2) is 10.9. The minimum Gasteiger partial charge on any atom is -0.494 e. The summed E-state index contributed by atoms with van der Waals surface area (Å²) in [5, 5.41) is 4.05. The first-order valence-corrected chi connectivity index (χ1v) is 15.4. The number of hydrogen-bond donors (Lipinski definition) is 2. The Morgan fingerprint density at radius 3 is 2.40 bits per heavy atom. The second-order valence-corrected chi connectivity index (χ2v) is 12.1. The lowest BCUT2D eigenvalue weighted by atomic mass is 9.96. The highest BCUT2D eigenvalue weighted by atomic mass is 32.2. The van der Waals surface area contributed by atoms with Crippen LogP contribution in [0.4, 0.5) is 11.4 Å². The van der Waals surface area contributed by atoms with Gasteiger partial charge in [0.15, 0.2) is 5.11 Å². The van der Waals surface area contributed by atoms with Crippen LogP contribution in [0.1, 0.15) is 47.2 Å². The van der Waals surface area contributed by atoms with Crippen LogP contribution in [0.2, 0.25) is 0 Å². The van der Waals surface area contributed by atoms with Gasteiger partial charge in [0.05, 0.1) is 36.8 Å². The Kier molecular flexibility index (Phi) is 7.57. The van der Waals surface area contributed by atoms with Crippen molar-refractivity contribution >= 4 is 38.7 Å². The molecule has 1 saturated heterocycles. The number of sulfonamides is 1. The van der Waals surface area contributed by atoms with Gasteiger partial charge in [-0.3, -0.25) is 9.71 Å². The molecule has 5 rings (SSSR count). The van der Waals surface area contributed by atoms with Crippen molar-refractivity contribution in [3.63, 3.8) is 0 Å². The molecule has 3 heterocycles. The zero-order valence-electron chi connectivity index (χ0n) is 23.2. The minimum atomic E-state index is -3.48. The van der Waals surface area contributed by atoms with Gasteiger partial charge in [-0.15, -0.1) is 0 Å². The van der Waals surface area contributed by atoms with Gasteiger partial charge in [-0.2, -0.15) is 0 Å². The lowest BCUT2D eigenvalue weighted by Gasteiger charge is -2.29. The largest absolute Gasteiger partial charge is 0.494 e. The zero-order chi connectivity index (χ0) is 28.6. The van der Waals surface area contributed by atoms with Gasteiger partial charge in [-0.25, -0.2) is 8.42 Å². The third kappa shape index (κ3) is 5.29. The van der Waals surface area contributed by atoms with Gasteiger partial charge in [-0.1, -0.05) is 25.1 Å². The molecule has 0 aliphatic carbocycles. The van der Waals surface area contributed by atoms with Crippen LogP contribution < -0.4 is 19.7 Å². The van der Waals surface area contributed by atoms with E-state index in [1.807, 2.05) is 24.3 Å². The van der Waals surface area contributed by atoms with E-state index in [-0.39, 0.29) is 12.1 Å². The highest BCUT2D eigenvalue weighted by molar-refractivity contribution is 7.92. The summed E-state index contributed by atoms with van der Waals surface area (Å²) in [5.74, 6) is 0.396. The molecule has 1 aliphatic rings. The van der Waals surface area contributed by atoms with Crippen molar-refractivity contribution in [1.82, 2.24) is 14.9 Å². The first kappa shape index (κ1) is 27.7. The SMILES string of the molecule is CCc1ccc(-n2c(C)cc(C3C(c4ccccn4)NC(=S)N3c3ccc(NS(C)(=O)=O)c(OC)c3)c2C)cc1. The molecule has 1 fully saturated rings. The van der Waals surface area contributed by atoms with Crippen molar-refractivity contribution in [2.24, 2.45) is 0 Å². The molecular formula is C30H33N5O3S2. The molecule has 208 valence electrons. The second-order valence-electron chi connectivity index (χ2n) is 9.94. The number of rotatable bonds is 8. The van der Waals surface area contributed by atoms with E-state index in [2.05, 4.69) is 75.6 Å². The number of benzene rings is 2. The maximum atomic E-state index is 11.9. The average Bonchev–Trinajstić information content (AvgIpc) is 3.43. The molecular weight excluding hydrogens is 542 g/mol. The Morgan fingerprint density at radius 2 is 1.77 bits per heavy atom. The molecule has 40 heavy (non-hydrogen) atoms. The van der Waals surface area contributed by atoms with Gasteiger partial charge in [0.2, 0.25) is 10.0 Å². The van der Waals surface area contributed by atoms with Crippen LogP contribution in [-0.4, -0.2) is 36.4 Å². The van der Waals surface area contributed by atoms with E-state index in [9.17, 15) is 8.42 Å². The quantitative estimate of drug-likeness (QED) is 0.264. The van der Waals surface area contributed by atoms with Crippen molar-refractivity contribution in [2.45, 2.75) is 39.3 Å². The summed E-state index contributed by atoms with van der Waals surface area (Å²) in [6, 6.07) is 21.6. The summed E-state index contributed by atoms with van der Waals surface area (Å²) in [4.78, 5) is 6.73. The molecule has 1 aliphatic heterocycles. The Labute approximate surface area is 241 Å². The summed E-state index contributed by atoms with van der Waals surface area (Å²) in [6.07, 6.45) is 3.88. The zero-order valence-corrected chi connectivity index (χ0v) is 24.8. The third-order valence-electron chi connectivity index (χ3n) is 7.25. The van der Waals surface area contributed by atoms with Crippen LogP contribution >= 0.6 is 12.2 Å². The molecule has 0 bridgehead atoms. The van der Waals surface area contributed by atoms with Gasteiger partial charge in [0, 0.05) is 35.0 Å². The fourth-order valence-corrected chi connectivity index (χ4v) is 6.34. The van der Waals surface area contributed by atoms with Gasteiger partial charge in [-0.05, 0) is 86.1 Å². The predicted octanol–water partition coefficient (Wildman–Crippen LogP) is 5.61. The lowest BCUT2D eigenvalue weighted by Crippen LogP contribution is -2.29. The normalized spacial score (nSPS) is 17.1. The van der Waals surface area contributed by atoms with Crippen molar-refractivity contribution in [3.05, 3.63) is 101 Å². The number of methoxy groups -OCH3 is 1. The standard InChI is InChI=1S/C30H33N5O3S2/c1-6-21-10-12-22(13-11-21)34-19(2)17-24(20(34)3)29-28(26-9-7-8-16-31-26)32-30(39)35(29)23-14-15-25(27(18-23)38-4)33-40(5,36)37/h7-18,28-29,33H,6H2,1-5H3,(H,32,39). The van der Waals surface area contributed by atoms with E-state index in [1.54, 1.807) is 18.3 Å². The number of aromatic nitrogens is 2. The molecule has 2 unspecified atom stereocenters. The third-order valence-corrected chi connectivity index (χ3v) is 8.15. The fourth-order valence-electron chi connectivity index (χ4n) is 5.43.